The van der Waals surface area contributed by atoms with Crippen molar-refractivity contribution < 1.29 is 4.74 Å². The van der Waals surface area contributed by atoms with Crippen molar-refractivity contribution >= 4 is 38.7 Å². The van der Waals surface area contributed by atoms with E-state index in [-0.39, 0.29) is 5.56 Å². The molecule has 0 radical (unpaired) electrons. The Morgan fingerprint density at radius 3 is 2.81 bits per heavy atom. The molecule has 5 rings (SSSR count). The largest absolute Gasteiger partial charge is 0.379 e. The van der Waals surface area contributed by atoms with Crippen LogP contribution in [-0.4, -0.2) is 46.2 Å². The Balaban J connectivity index is 1.53. The van der Waals surface area contributed by atoms with Gasteiger partial charge in [0.1, 0.15) is 16.5 Å². The van der Waals surface area contributed by atoms with Crippen LogP contribution in [-0.2, 0) is 17.8 Å². The van der Waals surface area contributed by atoms with E-state index < -0.39 is 0 Å². The fourth-order valence-electron chi connectivity index (χ4n) is 4.03. The molecule has 1 aliphatic rings. The van der Waals surface area contributed by atoms with Crippen molar-refractivity contribution in [1.82, 2.24) is 19.9 Å². The Morgan fingerprint density at radius 1 is 1.22 bits per heavy atom. The van der Waals surface area contributed by atoms with Crippen LogP contribution in [0.4, 0.5) is 5.82 Å². The Hall–Kier alpha value is -2.59. The molecule has 0 spiro atoms. The number of fused-ring (bicyclic) bond motifs is 1. The molecule has 0 saturated carbocycles. The van der Waals surface area contributed by atoms with Gasteiger partial charge in [-0.15, -0.1) is 22.7 Å². The zero-order chi connectivity index (χ0) is 22.1. The van der Waals surface area contributed by atoms with Crippen molar-refractivity contribution in [2.75, 3.05) is 31.6 Å². The van der Waals surface area contributed by atoms with Gasteiger partial charge in [-0.05, 0) is 36.9 Å². The minimum atomic E-state index is -0.0577. The van der Waals surface area contributed by atoms with Crippen molar-refractivity contribution in [2.45, 2.75) is 26.9 Å². The molecule has 4 aromatic rings. The van der Waals surface area contributed by atoms with Crippen LogP contribution < -0.4 is 10.9 Å². The highest BCUT2D eigenvalue weighted by Crippen LogP contribution is 2.39. The normalized spacial score (nSPS) is 14.8. The van der Waals surface area contributed by atoms with Gasteiger partial charge in [0.2, 0.25) is 0 Å². The molecule has 0 aromatic carbocycles. The molecule has 1 aliphatic heterocycles. The van der Waals surface area contributed by atoms with Crippen molar-refractivity contribution in [3.63, 3.8) is 0 Å². The topological polar surface area (TPSA) is 83.1 Å². The molecule has 2 N–H and O–H groups in total. The number of hydrogen-bond donors (Lipinski definition) is 2. The highest BCUT2D eigenvalue weighted by molar-refractivity contribution is 7.18. The number of nitrogens with one attached hydrogen (secondary N) is 2. The summed E-state index contributed by atoms with van der Waals surface area (Å²) in [7, 11) is 0. The lowest BCUT2D eigenvalue weighted by Gasteiger charge is -2.25. The van der Waals surface area contributed by atoms with E-state index in [0.29, 0.717) is 13.1 Å². The first-order chi connectivity index (χ1) is 15.6. The van der Waals surface area contributed by atoms with Crippen LogP contribution in [0.15, 0.2) is 33.8 Å². The smallest absolute Gasteiger partial charge is 0.253 e. The van der Waals surface area contributed by atoms with Crippen LogP contribution in [0.25, 0.3) is 20.7 Å². The molecule has 7 nitrogen and oxygen atoms in total. The molecular weight excluding hydrogens is 442 g/mol. The number of nitrogens with zero attached hydrogens (tertiary/aromatic N) is 3. The van der Waals surface area contributed by atoms with Gasteiger partial charge >= 0.3 is 0 Å². The first kappa shape index (κ1) is 21.3. The minimum Gasteiger partial charge on any atom is -0.379 e. The Morgan fingerprint density at radius 2 is 2.06 bits per heavy atom. The summed E-state index contributed by atoms with van der Waals surface area (Å²) in [4.78, 5) is 29.7. The SMILES string of the molecule is Cc1cc(C)c(CNc2nc(CN3CCOCC3)nc3scc(-c4cccs4)c23)c(=O)[nH]1. The van der Waals surface area contributed by atoms with E-state index in [1.807, 2.05) is 19.9 Å². The summed E-state index contributed by atoms with van der Waals surface area (Å²) in [6, 6.07) is 6.17. The number of thiophene rings is 2. The molecule has 32 heavy (non-hydrogen) atoms. The van der Waals surface area contributed by atoms with E-state index in [0.717, 1.165) is 70.5 Å². The highest BCUT2D eigenvalue weighted by Gasteiger charge is 2.19. The number of anilines is 1. The molecule has 0 bridgehead atoms. The molecule has 5 heterocycles. The van der Waals surface area contributed by atoms with Crippen LogP contribution in [0, 0.1) is 13.8 Å². The van der Waals surface area contributed by atoms with Gasteiger partial charge in [-0.25, -0.2) is 9.97 Å². The Bertz CT molecular complexity index is 1290. The third-order valence-corrected chi connectivity index (χ3v) is 7.44. The van der Waals surface area contributed by atoms with Gasteiger partial charge in [0, 0.05) is 46.7 Å². The maximum absolute atomic E-state index is 12.5. The Labute approximate surface area is 194 Å². The van der Waals surface area contributed by atoms with Gasteiger partial charge in [-0.1, -0.05) is 6.07 Å². The van der Waals surface area contributed by atoms with E-state index in [9.17, 15) is 4.79 Å². The lowest BCUT2D eigenvalue weighted by atomic mass is 10.1. The van der Waals surface area contributed by atoms with Crippen LogP contribution in [0.3, 0.4) is 0 Å². The molecule has 0 unspecified atom stereocenters. The average molecular weight is 468 g/mol. The maximum atomic E-state index is 12.5. The molecule has 0 amide bonds. The third-order valence-electron chi connectivity index (χ3n) is 5.66. The number of aromatic amines is 1. The number of H-pyrrole nitrogens is 1. The van der Waals surface area contributed by atoms with Crippen LogP contribution in [0.1, 0.15) is 22.6 Å². The number of hydrogen-bond acceptors (Lipinski definition) is 8. The third kappa shape index (κ3) is 4.33. The quantitative estimate of drug-likeness (QED) is 0.443. The van der Waals surface area contributed by atoms with Crippen molar-refractivity contribution in [1.29, 1.82) is 0 Å². The van der Waals surface area contributed by atoms with Crippen LogP contribution >= 0.6 is 22.7 Å². The first-order valence-corrected chi connectivity index (χ1v) is 12.4. The zero-order valence-corrected chi connectivity index (χ0v) is 19.7. The molecule has 1 fully saturated rings. The summed E-state index contributed by atoms with van der Waals surface area (Å²) in [5, 5.41) is 8.72. The van der Waals surface area contributed by atoms with Gasteiger partial charge in [-0.3, -0.25) is 9.69 Å². The van der Waals surface area contributed by atoms with Gasteiger partial charge in [-0.2, -0.15) is 0 Å². The summed E-state index contributed by atoms with van der Waals surface area (Å²) < 4.78 is 5.47. The summed E-state index contributed by atoms with van der Waals surface area (Å²) in [6.07, 6.45) is 0. The average Bonchev–Trinajstić information content (AvgIpc) is 3.43. The van der Waals surface area contributed by atoms with Crippen molar-refractivity contribution in [2.24, 2.45) is 0 Å². The molecule has 9 heteroatoms. The van der Waals surface area contributed by atoms with E-state index in [2.05, 4.69) is 38.1 Å². The zero-order valence-electron chi connectivity index (χ0n) is 18.1. The van der Waals surface area contributed by atoms with E-state index in [1.165, 1.54) is 4.88 Å². The number of aryl methyl sites for hydroxylation is 2. The number of morpholine rings is 1. The lowest BCUT2D eigenvalue weighted by Crippen LogP contribution is -2.36. The standard InChI is InChI=1S/C23H25N5O2S2/c1-14-10-15(2)25-22(29)16(14)11-24-21-20-17(18-4-3-9-31-18)13-32-23(20)27-19(26-21)12-28-5-7-30-8-6-28/h3-4,9-10,13H,5-8,11-12H2,1-2H3,(H,25,29)(H,24,26,27). The lowest BCUT2D eigenvalue weighted by molar-refractivity contribution is 0.0331. The second-order valence-electron chi connectivity index (χ2n) is 7.98. The van der Waals surface area contributed by atoms with Gasteiger partial charge in [0.05, 0.1) is 25.1 Å². The predicted molar refractivity (Wildman–Crippen MR) is 131 cm³/mol. The summed E-state index contributed by atoms with van der Waals surface area (Å²) >= 11 is 3.34. The molecule has 166 valence electrons. The second-order valence-corrected chi connectivity index (χ2v) is 9.79. The number of aromatic nitrogens is 3. The minimum absolute atomic E-state index is 0.0577. The van der Waals surface area contributed by atoms with Gasteiger partial charge in [0.15, 0.2) is 0 Å². The fraction of sp³-hybridized carbons (Fsp3) is 0.348. The maximum Gasteiger partial charge on any atom is 0.253 e. The second kappa shape index (κ2) is 9.11. The molecule has 0 atom stereocenters. The molecular formula is C23H25N5O2S2. The number of pyridine rings is 1. The Kier molecular flexibility index (Phi) is 6.05. The predicted octanol–water partition coefficient (Wildman–Crippen LogP) is 4.17. The molecule has 1 saturated heterocycles. The summed E-state index contributed by atoms with van der Waals surface area (Å²) in [5.74, 6) is 1.57. The van der Waals surface area contributed by atoms with E-state index in [1.54, 1.807) is 22.7 Å². The van der Waals surface area contributed by atoms with Crippen LogP contribution in [0.5, 0.6) is 0 Å². The van der Waals surface area contributed by atoms with E-state index >= 15 is 0 Å². The monoisotopic (exact) mass is 467 g/mol. The number of ether oxygens (including phenoxy) is 1. The van der Waals surface area contributed by atoms with Crippen molar-refractivity contribution in [3.8, 4) is 10.4 Å². The molecule has 0 aliphatic carbocycles. The highest BCUT2D eigenvalue weighted by atomic mass is 32.1. The van der Waals surface area contributed by atoms with Gasteiger partial charge in [0.25, 0.3) is 5.56 Å². The van der Waals surface area contributed by atoms with Gasteiger partial charge < -0.3 is 15.0 Å². The molecule has 4 aromatic heterocycles. The number of rotatable bonds is 6. The van der Waals surface area contributed by atoms with Crippen LogP contribution in [0.2, 0.25) is 0 Å². The first-order valence-electron chi connectivity index (χ1n) is 10.6. The van der Waals surface area contributed by atoms with Crippen molar-refractivity contribution in [3.05, 3.63) is 62.0 Å². The summed E-state index contributed by atoms with van der Waals surface area (Å²) in [5.41, 5.74) is 3.64. The summed E-state index contributed by atoms with van der Waals surface area (Å²) in [6.45, 7) is 8.21. The fourth-order valence-corrected chi connectivity index (χ4v) is 5.81. The van der Waals surface area contributed by atoms with E-state index in [4.69, 9.17) is 14.7 Å².